The summed E-state index contributed by atoms with van der Waals surface area (Å²) in [6.07, 6.45) is -16.6. The predicted octanol–water partition coefficient (Wildman–Crippen LogP) is 0.825. The molecule has 2 aliphatic heterocycles. The van der Waals surface area contributed by atoms with Gasteiger partial charge in [0.25, 0.3) is 11.8 Å². The van der Waals surface area contributed by atoms with Crippen LogP contribution in [-0.2, 0) is 95.3 Å². The first-order valence-corrected chi connectivity index (χ1v) is 31.2. The monoisotopic (exact) mass is 1290 g/mol. The molecule has 0 aromatic rings. The van der Waals surface area contributed by atoms with Gasteiger partial charge in [-0.05, 0) is 122 Å². The van der Waals surface area contributed by atoms with Gasteiger partial charge in [0.2, 0.25) is 5.91 Å². The normalized spacial score (nSPS) is 38.3. The lowest BCUT2D eigenvalue weighted by molar-refractivity contribution is -0.369. The Morgan fingerprint density at radius 1 is 0.549 bits per heavy atom. The van der Waals surface area contributed by atoms with E-state index in [-0.39, 0.29) is 73.9 Å². The van der Waals surface area contributed by atoms with Crippen molar-refractivity contribution in [3.63, 3.8) is 0 Å². The Hall–Kier alpha value is -5.72. The van der Waals surface area contributed by atoms with Crippen LogP contribution in [0, 0.1) is 50.2 Å². The summed E-state index contributed by atoms with van der Waals surface area (Å²) in [4.78, 5) is 133. The van der Waals surface area contributed by atoms with E-state index in [0.29, 0.717) is 38.5 Å². The van der Waals surface area contributed by atoms with Crippen LogP contribution in [0.3, 0.4) is 0 Å². The van der Waals surface area contributed by atoms with Crippen LogP contribution in [0.5, 0.6) is 0 Å². The maximum atomic E-state index is 15.5. The van der Waals surface area contributed by atoms with Gasteiger partial charge in [-0.3, -0.25) is 33.6 Å². The molecule has 3 amide bonds. The number of amides is 3. The molecule has 8 N–H and O–H groups in total. The van der Waals surface area contributed by atoms with Crippen molar-refractivity contribution in [3.8, 4) is 0 Å². The number of hydrogen-bond acceptors (Lipinski definition) is 25. The molecule has 2 heterocycles. The van der Waals surface area contributed by atoms with E-state index in [1.807, 2.05) is 26.8 Å². The van der Waals surface area contributed by atoms with Crippen molar-refractivity contribution < 1.29 is 121 Å². The molecule has 91 heavy (non-hydrogen) atoms. The number of hydrogen-bond donors (Lipinski definition) is 8. The van der Waals surface area contributed by atoms with Gasteiger partial charge in [-0.1, -0.05) is 54.0 Å². The number of carbonyl (C=O) groups is 10. The van der Waals surface area contributed by atoms with Gasteiger partial charge in [0.05, 0.1) is 48.8 Å². The van der Waals surface area contributed by atoms with Gasteiger partial charge >= 0.3 is 35.8 Å². The van der Waals surface area contributed by atoms with Crippen molar-refractivity contribution in [1.82, 2.24) is 16.0 Å². The minimum absolute atomic E-state index is 0.0180. The number of aliphatic hydroxyl groups is 5. The van der Waals surface area contributed by atoms with E-state index in [9.17, 15) is 68.7 Å². The zero-order valence-electron chi connectivity index (χ0n) is 54.4. The number of ketones is 1. The molecule has 2 saturated heterocycles. The van der Waals surface area contributed by atoms with Crippen molar-refractivity contribution in [3.05, 3.63) is 11.6 Å². The topological polar surface area (TPSA) is 400 Å². The third-order valence-corrected chi connectivity index (χ3v) is 22.3. The van der Waals surface area contributed by atoms with Gasteiger partial charge in [-0.2, -0.15) is 0 Å². The summed E-state index contributed by atoms with van der Waals surface area (Å²) < 4.78 is 53.9. The number of rotatable bonds is 22. The van der Waals surface area contributed by atoms with Crippen LogP contribution in [0.15, 0.2) is 11.6 Å². The van der Waals surface area contributed by atoms with Gasteiger partial charge < -0.3 is 88.9 Å². The molecule has 7 unspecified atom stereocenters. The van der Waals surface area contributed by atoms with Crippen molar-refractivity contribution in [2.24, 2.45) is 50.2 Å². The fourth-order valence-electron chi connectivity index (χ4n) is 16.5. The highest BCUT2D eigenvalue weighted by Crippen LogP contribution is 2.75. The Morgan fingerprint density at radius 2 is 1.02 bits per heavy atom. The number of methoxy groups -OCH3 is 6. The highest BCUT2D eigenvalue weighted by molar-refractivity contribution is 5.96. The van der Waals surface area contributed by atoms with E-state index in [0.717, 1.165) is 46.9 Å². The SMILES string of the molecule is COC(=O)CCC(NC(=O)[C@H]1O[C@@H](O[C@H]2[C@H](OC3CC[C@@]4(C)C(CC[C@]5(C)C4C(=O)C=C4C6C[C@@](C)(C(=O)NC(CCC(=O)OC)C(=O)OC)CC[C@]6(C)CC[C@]45C)C3(C)C)O[C@H](C(=O)NC(CCC(=O)OC)C(=O)OC)[C@@H](O)[C@@H]2O)[C@H](O)[C@@H](O)[C@@H]1O)C(=O)OC. The standard InChI is InChI=1S/C63H95N3O25/c1-58(2)36-20-23-63(7)49(35(67)28-30-31-29-60(4,25-24-59(31,3)26-27-62(30,63)6)57(81)66-34(54(80)87-13)16-19-40(70)84-10)61(36,5)22-21-37(58)88-56-48(44(74)43(73)47(90-56)51(77)65-33(53(79)86-12)15-18-39(69)83-9)91-55-45(75)41(71)42(72)46(89-55)50(76)64-32(52(78)85-11)14-17-38(68)82-8/h28,31-34,36-37,41-49,55-56,71-75H,14-27,29H2,1-13H3,(H,64,76)(H,65,77)(H,66,81)/t31?,32?,33?,34?,36?,37?,41-,42-,43-,44-,45+,46-,47-,48+,49?,55-,56+,59+,60-,61-,62+,63+/m0/s1. The minimum Gasteiger partial charge on any atom is -0.469 e. The van der Waals surface area contributed by atoms with Crippen molar-refractivity contribution in [1.29, 1.82) is 0 Å². The molecule has 5 aliphatic carbocycles. The first-order chi connectivity index (χ1) is 42.6. The van der Waals surface area contributed by atoms with Crippen LogP contribution in [0.4, 0.5) is 0 Å². The fraction of sp³-hybridized carbons (Fsp3) is 0.810. The number of fused-ring (bicyclic) bond motifs is 7. The van der Waals surface area contributed by atoms with E-state index < -0.39 is 166 Å². The van der Waals surface area contributed by atoms with Crippen molar-refractivity contribution in [2.75, 3.05) is 42.7 Å². The number of nitrogens with one attached hydrogen (secondary N) is 3. The lowest BCUT2D eigenvalue weighted by atomic mass is 9.33. The van der Waals surface area contributed by atoms with Crippen molar-refractivity contribution >= 4 is 59.3 Å². The number of carbonyl (C=O) groups excluding carboxylic acids is 10. The van der Waals surface area contributed by atoms with Crippen LogP contribution in [0.2, 0.25) is 0 Å². The summed E-state index contributed by atoms with van der Waals surface area (Å²) >= 11 is 0. The van der Waals surface area contributed by atoms with E-state index >= 15 is 4.79 Å². The molecule has 0 aromatic carbocycles. The first-order valence-electron chi connectivity index (χ1n) is 31.2. The second-order valence-electron chi connectivity index (χ2n) is 27.7. The number of ether oxygens (including phenoxy) is 10. The molecular weight excluding hydrogens is 1200 g/mol. The van der Waals surface area contributed by atoms with Crippen LogP contribution < -0.4 is 16.0 Å². The summed E-state index contributed by atoms with van der Waals surface area (Å²) in [5, 5.41) is 65.2. The summed E-state index contributed by atoms with van der Waals surface area (Å²) in [5.74, 6) is -8.39. The largest absolute Gasteiger partial charge is 0.469 e. The fourth-order valence-corrected chi connectivity index (χ4v) is 16.5. The number of aliphatic hydroxyl groups excluding tert-OH is 5. The number of esters is 6. The van der Waals surface area contributed by atoms with Gasteiger partial charge in [0.15, 0.2) is 30.6 Å². The molecule has 0 aromatic heterocycles. The predicted molar refractivity (Wildman–Crippen MR) is 312 cm³/mol. The van der Waals surface area contributed by atoms with Crippen LogP contribution in [0.1, 0.15) is 145 Å². The molecule has 6 fully saturated rings. The molecule has 28 nitrogen and oxygen atoms in total. The Kier molecular flexibility index (Phi) is 22.7. The Morgan fingerprint density at radius 3 is 1.52 bits per heavy atom. The van der Waals surface area contributed by atoms with Crippen LogP contribution >= 0.6 is 0 Å². The Balaban J connectivity index is 1.18. The van der Waals surface area contributed by atoms with E-state index in [2.05, 4.69) is 48.4 Å². The third kappa shape index (κ3) is 14.1. The highest BCUT2D eigenvalue weighted by Gasteiger charge is 2.71. The highest BCUT2D eigenvalue weighted by atomic mass is 16.8. The van der Waals surface area contributed by atoms with Crippen LogP contribution in [-0.4, -0.2) is 213 Å². The molecular formula is C63H95N3O25. The third-order valence-electron chi connectivity index (χ3n) is 22.3. The quantitative estimate of drug-likeness (QED) is 0.0423. The zero-order valence-corrected chi connectivity index (χ0v) is 54.4. The molecule has 4 saturated carbocycles. The summed E-state index contributed by atoms with van der Waals surface area (Å²) in [7, 11) is 6.76. The van der Waals surface area contributed by atoms with E-state index in [1.165, 1.54) is 14.2 Å². The van der Waals surface area contributed by atoms with E-state index in [1.54, 1.807) is 0 Å². The summed E-state index contributed by atoms with van der Waals surface area (Å²) in [6.45, 7) is 14.6. The smallest absolute Gasteiger partial charge is 0.328 e. The molecule has 22 atom stereocenters. The Bertz CT molecular complexity index is 2800. The van der Waals surface area contributed by atoms with Crippen molar-refractivity contribution in [2.45, 2.75) is 230 Å². The molecule has 0 spiro atoms. The zero-order chi connectivity index (χ0) is 67.7. The molecule has 7 aliphatic rings. The lowest BCUT2D eigenvalue weighted by Gasteiger charge is -2.70. The van der Waals surface area contributed by atoms with Gasteiger partial charge in [0.1, 0.15) is 54.7 Å². The number of allylic oxidation sites excluding steroid dienone is 2. The molecule has 0 radical (unpaired) electrons. The summed E-state index contributed by atoms with van der Waals surface area (Å²) in [5.41, 5.74) is -2.85. The minimum atomic E-state index is -2.22. The lowest BCUT2D eigenvalue weighted by Crippen LogP contribution is -2.69. The van der Waals surface area contributed by atoms with E-state index in [4.69, 9.17) is 42.6 Å². The average Bonchev–Trinajstić information content (AvgIpc) is 0.675. The molecule has 7 rings (SSSR count). The second-order valence-corrected chi connectivity index (χ2v) is 27.7. The summed E-state index contributed by atoms with van der Waals surface area (Å²) in [6, 6.07) is -4.09. The molecule has 512 valence electrons. The second kappa shape index (κ2) is 28.5. The molecule has 0 bridgehead atoms. The molecule has 28 heteroatoms. The van der Waals surface area contributed by atoms with Crippen LogP contribution in [0.25, 0.3) is 0 Å². The van der Waals surface area contributed by atoms with Gasteiger partial charge in [-0.15, -0.1) is 0 Å². The Labute approximate surface area is 529 Å². The average molecular weight is 1290 g/mol. The van der Waals surface area contributed by atoms with Gasteiger partial charge in [0, 0.05) is 30.6 Å². The maximum Gasteiger partial charge on any atom is 0.328 e. The first kappa shape index (κ1) is 72.7. The maximum absolute atomic E-state index is 15.5. The van der Waals surface area contributed by atoms with Gasteiger partial charge in [-0.25, -0.2) is 14.4 Å².